The monoisotopic (exact) mass is 757 g/mol. The summed E-state index contributed by atoms with van der Waals surface area (Å²) in [6.07, 6.45) is 15.6. The average molecular weight is 758 g/mol. The van der Waals surface area contributed by atoms with Gasteiger partial charge in [0.05, 0.1) is 22.1 Å². The van der Waals surface area contributed by atoms with Gasteiger partial charge in [-0.1, -0.05) is 58.8 Å². The van der Waals surface area contributed by atoms with E-state index in [0.29, 0.717) is 38.1 Å². The highest BCUT2D eigenvalue weighted by Gasteiger charge is 2.64. The van der Waals surface area contributed by atoms with Crippen molar-refractivity contribution in [2.24, 2.45) is 34.5 Å². The van der Waals surface area contributed by atoms with Gasteiger partial charge in [-0.15, -0.1) is 0 Å². The molecule has 298 valence electrons. The molecular formula is C42H67N3O7S. The molecule has 1 spiro atoms. The lowest BCUT2D eigenvalue weighted by Gasteiger charge is -2.44. The zero-order chi connectivity index (χ0) is 38.4. The molecule has 6 aliphatic rings. The van der Waals surface area contributed by atoms with Gasteiger partial charge in [-0.25, -0.2) is 13.2 Å². The van der Waals surface area contributed by atoms with Crippen LogP contribution in [-0.2, 0) is 29.0 Å². The van der Waals surface area contributed by atoms with Crippen LogP contribution in [0.3, 0.4) is 0 Å². The molecule has 53 heavy (non-hydrogen) atoms. The molecule has 1 unspecified atom stereocenters. The fourth-order valence-corrected chi connectivity index (χ4v) is 12.3. The molecule has 0 aromatic rings. The summed E-state index contributed by atoms with van der Waals surface area (Å²) in [5, 5.41) is 6.27. The van der Waals surface area contributed by atoms with Crippen LogP contribution in [0.4, 0.5) is 4.79 Å². The molecule has 0 aromatic heterocycles. The molecule has 11 heteroatoms. The number of likely N-dealkylation sites (tertiary alicyclic amines) is 1. The Balaban J connectivity index is 1.27. The number of urea groups is 1. The van der Waals surface area contributed by atoms with Gasteiger partial charge in [0.15, 0.2) is 21.4 Å². The van der Waals surface area contributed by atoms with E-state index >= 15 is 4.79 Å². The number of hydrogen-bond donors (Lipinski definition) is 2. The van der Waals surface area contributed by atoms with E-state index in [2.05, 4.69) is 17.6 Å². The largest absolute Gasteiger partial charge is 0.332 e. The Bertz CT molecular complexity index is 1530. The Labute approximate surface area is 318 Å². The first-order chi connectivity index (χ1) is 24.9. The number of ketones is 3. The van der Waals surface area contributed by atoms with Crippen molar-refractivity contribution in [1.29, 1.82) is 0 Å². The molecule has 10 nitrogen and oxygen atoms in total. The van der Waals surface area contributed by atoms with Gasteiger partial charge in [-0.2, -0.15) is 0 Å². The predicted molar refractivity (Wildman–Crippen MR) is 205 cm³/mol. The first-order valence-electron chi connectivity index (χ1n) is 21.1. The number of nitrogens with one attached hydrogen (secondary N) is 2. The summed E-state index contributed by atoms with van der Waals surface area (Å²) in [7, 11) is -3.55. The van der Waals surface area contributed by atoms with Crippen molar-refractivity contribution in [3.63, 3.8) is 0 Å². The highest BCUT2D eigenvalue weighted by atomic mass is 32.2. The Morgan fingerprint density at radius 1 is 0.849 bits per heavy atom. The molecular weight excluding hydrogens is 691 g/mol. The first-order valence-corrected chi connectivity index (χ1v) is 22.8. The second-order valence-electron chi connectivity index (χ2n) is 19.7. The van der Waals surface area contributed by atoms with Crippen LogP contribution < -0.4 is 10.6 Å². The number of hydrogen-bond acceptors (Lipinski definition) is 7. The number of nitrogens with zero attached hydrogens (tertiary/aromatic N) is 1. The third-order valence-electron chi connectivity index (χ3n) is 14.6. The Morgan fingerprint density at radius 2 is 1.47 bits per heavy atom. The third kappa shape index (κ3) is 8.60. The molecule has 0 aromatic carbocycles. The van der Waals surface area contributed by atoms with E-state index in [1.807, 2.05) is 6.92 Å². The quantitative estimate of drug-likeness (QED) is 0.173. The smallest absolute Gasteiger partial charge is 0.315 e. The van der Waals surface area contributed by atoms with Crippen LogP contribution in [0.15, 0.2) is 0 Å². The molecule has 5 aliphatic carbocycles. The van der Waals surface area contributed by atoms with E-state index in [0.717, 1.165) is 89.9 Å². The lowest BCUT2D eigenvalue weighted by Crippen LogP contribution is -2.64. The molecule has 6 rings (SSSR count). The molecule has 0 bridgehead atoms. The molecule has 1 heterocycles. The minimum atomic E-state index is -3.55. The van der Waals surface area contributed by atoms with Crippen molar-refractivity contribution >= 4 is 39.1 Å². The van der Waals surface area contributed by atoms with Gasteiger partial charge in [0, 0.05) is 25.3 Å². The van der Waals surface area contributed by atoms with Gasteiger partial charge >= 0.3 is 6.03 Å². The van der Waals surface area contributed by atoms with Crippen molar-refractivity contribution in [3.05, 3.63) is 0 Å². The first kappa shape index (κ1) is 40.4. The number of fused-ring (bicyclic) bond motifs is 2. The van der Waals surface area contributed by atoms with E-state index in [1.54, 1.807) is 25.7 Å². The number of carbonyl (C=O) groups is 5. The molecule has 5 saturated carbocycles. The fraction of sp³-hybridized carbons (Fsp3) is 0.881. The molecule has 6 fully saturated rings. The van der Waals surface area contributed by atoms with Crippen molar-refractivity contribution in [2.75, 3.05) is 12.3 Å². The van der Waals surface area contributed by atoms with Gasteiger partial charge in [-0.3, -0.25) is 19.2 Å². The van der Waals surface area contributed by atoms with E-state index in [4.69, 9.17) is 0 Å². The SMILES string of the molecule is CCCC(CC(=O)[C@@H]1[C@H]2CCC3(CC3)[C@H]2CN1C(=O)[C@@H](NC(=O)NC1(CS(=O)(=O)C(C)(C)C)CCCCC1)C1(C)CCCCC1)C(=O)C(=O)CC1CC1. The highest BCUT2D eigenvalue weighted by Crippen LogP contribution is 2.66. The van der Waals surface area contributed by atoms with Crippen molar-refractivity contribution in [2.45, 2.75) is 185 Å². The van der Waals surface area contributed by atoms with E-state index < -0.39 is 55.4 Å². The maximum atomic E-state index is 15.2. The number of Topliss-reactive ketones (excluding diaryl/α,β-unsaturated/α-hetero) is 3. The van der Waals surface area contributed by atoms with Gasteiger partial charge in [-0.05, 0) is 120 Å². The van der Waals surface area contributed by atoms with Gasteiger partial charge in [0.25, 0.3) is 0 Å². The lowest BCUT2D eigenvalue weighted by atomic mass is 9.70. The highest BCUT2D eigenvalue weighted by molar-refractivity contribution is 7.92. The minimum Gasteiger partial charge on any atom is -0.332 e. The van der Waals surface area contributed by atoms with E-state index in [9.17, 15) is 27.6 Å². The molecule has 3 amide bonds. The summed E-state index contributed by atoms with van der Waals surface area (Å²) in [4.78, 5) is 72.1. The maximum absolute atomic E-state index is 15.2. The summed E-state index contributed by atoms with van der Waals surface area (Å²) >= 11 is 0. The Hall–Kier alpha value is -2.30. The topological polar surface area (TPSA) is 147 Å². The molecule has 2 N–H and O–H groups in total. The van der Waals surface area contributed by atoms with Crippen molar-refractivity contribution < 1.29 is 32.4 Å². The van der Waals surface area contributed by atoms with Crippen molar-refractivity contribution in [3.8, 4) is 0 Å². The summed E-state index contributed by atoms with van der Waals surface area (Å²) in [6.45, 7) is 9.59. The molecule has 1 saturated heterocycles. The summed E-state index contributed by atoms with van der Waals surface area (Å²) in [5.74, 6) is -1.47. The van der Waals surface area contributed by atoms with Crippen LogP contribution in [0.1, 0.15) is 163 Å². The summed E-state index contributed by atoms with van der Waals surface area (Å²) in [6, 6.07) is -2.09. The molecule has 0 radical (unpaired) electrons. The van der Waals surface area contributed by atoms with Crippen LogP contribution in [0.25, 0.3) is 0 Å². The second kappa shape index (κ2) is 15.3. The minimum absolute atomic E-state index is 0.00949. The standard InChI is InChI=1S/C42H67N3O7S/c1-6-13-29(35(48)33(47)24-28-14-15-28)25-32(46)34-30-16-21-41(22-23-41)31(30)26-45(34)37(49)36(40(5)17-9-7-10-18-40)43-38(50)44-42(19-11-8-12-20-42)27-53(51,52)39(2,3)4/h28-31,34,36H,6-27H2,1-5H3,(H2,43,44,50)/t29?,30-,31-,34-,36+/m0/s1. The third-order valence-corrected chi connectivity index (χ3v) is 17.4. The van der Waals surface area contributed by atoms with Gasteiger partial charge < -0.3 is 15.5 Å². The zero-order valence-corrected chi connectivity index (χ0v) is 34.1. The van der Waals surface area contributed by atoms with Gasteiger partial charge in [0.1, 0.15) is 6.04 Å². The van der Waals surface area contributed by atoms with Crippen LogP contribution in [-0.4, -0.2) is 77.3 Å². The van der Waals surface area contributed by atoms with E-state index in [-0.39, 0.29) is 53.3 Å². The van der Waals surface area contributed by atoms with Crippen LogP contribution in [0.2, 0.25) is 0 Å². The lowest BCUT2D eigenvalue weighted by molar-refractivity contribution is -0.144. The number of carbonyl (C=O) groups excluding carboxylic acids is 5. The maximum Gasteiger partial charge on any atom is 0.315 e. The van der Waals surface area contributed by atoms with Crippen LogP contribution >= 0.6 is 0 Å². The van der Waals surface area contributed by atoms with Gasteiger partial charge in [0.2, 0.25) is 11.7 Å². The normalized spacial score (nSPS) is 28.5. The zero-order valence-electron chi connectivity index (χ0n) is 33.2. The number of rotatable bonds is 15. The Morgan fingerprint density at radius 3 is 2.04 bits per heavy atom. The summed E-state index contributed by atoms with van der Waals surface area (Å²) < 4.78 is 26.0. The average Bonchev–Trinajstić information content (AvgIpc) is 4.00. The number of sulfone groups is 1. The fourth-order valence-electron chi connectivity index (χ4n) is 10.8. The summed E-state index contributed by atoms with van der Waals surface area (Å²) in [5.41, 5.74) is -1.30. The second-order valence-corrected chi connectivity index (χ2v) is 22.4. The number of amides is 3. The van der Waals surface area contributed by atoms with Crippen molar-refractivity contribution in [1.82, 2.24) is 15.5 Å². The van der Waals surface area contributed by atoms with Crippen LogP contribution in [0.5, 0.6) is 0 Å². The Kier molecular flexibility index (Phi) is 11.7. The van der Waals surface area contributed by atoms with Crippen LogP contribution in [0, 0.1) is 34.5 Å². The molecule has 5 atom stereocenters. The predicted octanol–water partition coefficient (Wildman–Crippen LogP) is 6.87. The molecule has 1 aliphatic heterocycles. The van der Waals surface area contributed by atoms with E-state index in [1.165, 1.54) is 0 Å².